The Morgan fingerprint density at radius 3 is 3.00 bits per heavy atom. The van der Waals surface area contributed by atoms with Crippen molar-refractivity contribution in [2.24, 2.45) is 0 Å². The van der Waals surface area contributed by atoms with Crippen LogP contribution in [0.25, 0.3) is 0 Å². The van der Waals surface area contributed by atoms with Crippen LogP contribution in [0.4, 0.5) is 0 Å². The fraction of sp³-hybridized carbons (Fsp3) is 0.833. The zero-order chi connectivity index (χ0) is 8.32. The van der Waals surface area contributed by atoms with Crippen LogP contribution in [0, 0.1) is 0 Å². The van der Waals surface area contributed by atoms with E-state index >= 15 is 0 Å². The van der Waals surface area contributed by atoms with E-state index < -0.39 is 4.32 Å². The van der Waals surface area contributed by atoms with Gasteiger partial charge in [0, 0.05) is 15.9 Å². The van der Waals surface area contributed by atoms with E-state index in [-0.39, 0.29) is 5.97 Å². The minimum Gasteiger partial charge on any atom is -0.465 e. The molecule has 0 radical (unpaired) electrons. The molecule has 11 heavy (non-hydrogen) atoms. The van der Waals surface area contributed by atoms with E-state index in [1.807, 2.05) is 0 Å². The van der Waals surface area contributed by atoms with Crippen LogP contribution in [0.1, 0.15) is 12.8 Å². The van der Waals surface area contributed by atoms with Crippen LogP contribution in [0.5, 0.6) is 0 Å². The van der Waals surface area contributed by atoms with Gasteiger partial charge in [-0.3, -0.25) is 4.79 Å². The molecule has 0 spiro atoms. The molecule has 0 aromatic carbocycles. The summed E-state index contributed by atoms with van der Waals surface area (Å²) in [6.07, 6.45) is 1.40. The lowest BCUT2D eigenvalue weighted by Crippen LogP contribution is -2.27. The van der Waals surface area contributed by atoms with Crippen molar-refractivity contribution in [1.82, 2.24) is 0 Å². The van der Waals surface area contributed by atoms with Gasteiger partial charge in [0.15, 0.2) is 0 Å². The molecule has 3 nitrogen and oxygen atoms in total. The van der Waals surface area contributed by atoms with E-state index in [1.54, 1.807) is 0 Å². The number of alkyl halides is 1. The predicted molar refractivity (Wildman–Crippen MR) is 47.5 cm³/mol. The smallest absolute Gasteiger partial charge is 0.323 e. The summed E-state index contributed by atoms with van der Waals surface area (Å²) in [5, 5.41) is 0. The van der Waals surface area contributed by atoms with E-state index in [0.29, 0.717) is 19.6 Å². The molecule has 1 rings (SSSR count). The van der Waals surface area contributed by atoms with Crippen LogP contribution >= 0.6 is 25.4 Å². The van der Waals surface area contributed by atoms with Crippen molar-refractivity contribution in [2.45, 2.75) is 17.2 Å². The molecule has 1 aliphatic heterocycles. The summed E-state index contributed by atoms with van der Waals surface area (Å²) in [5.41, 5.74) is 0. The predicted octanol–water partition coefficient (Wildman–Crippen LogP) is 1.26. The van der Waals surface area contributed by atoms with Crippen molar-refractivity contribution in [3.8, 4) is 0 Å². The molecule has 0 N–H and O–H groups in total. The van der Waals surface area contributed by atoms with Gasteiger partial charge in [-0.25, -0.2) is 0 Å². The number of halogens is 1. The maximum atomic E-state index is 11.1. The first kappa shape index (κ1) is 9.43. The minimum atomic E-state index is -0.483. The molecule has 1 fully saturated rings. The second kappa shape index (κ2) is 3.83. The number of ether oxygens (including phenoxy) is 1. The molecule has 0 aliphatic carbocycles. The van der Waals surface area contributed by atoms with Gasteiger partial charge in [-0.15, -0.1) is 0 Å². The minimum absolute atomic E-state index is 0.167. The van der Waals surface area contributed by atoms with E-state index in [1.165, 1.54) is 0 Å². The lowest BCUT2D eigenvalue weighted by atomic mass is 10.1. The maximum Gasteiger partial charge on any atom is 0.323 e. The van der Waals surface area contributed by atoms with Gasteiger partial charge in [0.25, 0.3) is 0 Å². The number of carbonyl (C=O) groups is 1. The molecule has 5 heteroatoms. The fourth-order valence-electron chi connectivity index (χ4n) is 0.985. The van der Waals surface area contributed by atoms with E-state index in [2.05, 4.69) is 25.4 Å². The molecule has 0 aromatic rings. The third-order valence-corrected chi connectivity index (χ3v) is 3.07. The van der Waals surface area contributed by atoms with Crippen molar-refractivity contribution in [3.05, 3.63) is 0 Å². The lowest BCUT2D eigenvalue weighted by molar-refractivity contribution is -0.140. The highest BCUT2D eigenvalue weighted by atomic mass is 79.9. The zero-order valence-electron chi connectivity index (χ0n) is 6.01. The third kappa shape index (κ3) is 2.14. The quantitative estimate of drug-likeness (QED) is 0.424. The van der Waals surface area contributed by atoms with Gasteiger partial charge in [0.2, 0.25) is 0 Å². The molecule has 2 atom stereocenters. The van der Waals surface area contributed by atoms with Crippen LogP contribution in [0.3, 0.4) is 0 Å². The number of hydrogen-bond acceptors (Lipinski definition) is 3. The Morgan fingerprint density at radius 1 is 1.82 bits per heavy atom. The summed E-state index contributed by atoms with van der Waals surface area (Å²) in [7, 11) is 2.16. The first-order valence-corrected chi connectivity index (χ1v) is 4.63. The standard InChI is InChI=1S/C6H10BrO3P/c7-6(2-4-10-11)1-3-9-5(6)8/h1-4,11H2. The molecule has 0 aromatic heterocycles. The topological polar surface area (TPSA) is 35.5 Å². The average Bonchev–Trinajstić information content (AvgIpc) is 2.30. The zero-order valence-corrected chi connectivity index (χ0v) is 8.75. The van der Waals surface area contributed by atoms with Crippen LogP contribution in [0.15, 0.2) is 0 Å². The SMILES string of the molecule is O=C1OCCC1(Br)CCOP. The largest absolute Gasteiger partial charge is 0.465 e. The average molecular weight is 241 g/mol. The van der Waals surface area contributed by atoms with Crippen molar-refractivity contribution < 1.29 is 14.1 Å². The highest BCUT2D eigenvalue weighted by Crippen LogP contribution is 2.33. The number of esters is 1. The van der Waals surface area contributed by atoms with Crippen molar-refractivity contribution >= 4 is 31.4 Å². The van der Waals surface area contributed by atoms with Crippen LogP contribution in [-0.2, 0) is 14.1 Å². The maximum absolute atomic E-state index is 11.1. The normalized spacial score (nSPS) is 30.5. The van der Waals surface area contributed by atoms with Gasteiger partial charge < -0.3 is 9.26 Å². The number of cyclic esters (lactones) is 1. The number of hydrogen-bond donors (Lipinski definition) is 0. The van der Waals surface area contributed by atoms with Gasteiger partial charge in [-0.2, -0.15) is 0 Å². The van der Waals surface area contributed by atoms with Gasteiger partial charge in [0.05, 0.1) is 13.2 Å². The monoisotopic (exact) mass is 240 g/mol. The summed E-state index contributed by atoms with van der Waals surface area (Å²) >= 11 is 3.35. The molecular formula is C6H10BrO3P. The molecular weight excluding hydrogens is 231 g/mol. The summed E-state index contributed by atoms with van der Waals surface area (Å²) in [6, 6.07) is 0. The second-order valence-corrected chi connectivity index (χ2v) is 4.32. The Hall–Kier alpha value is 0.340. The van der Waals surface area contributed by atoms with Crippen molar-refractivity contribution in [2.75, 3.05) is 13.2 Å². The molecule has 2 unspecified atom stereocenters. The summed E-state index contributed by atoms with van der Waals surface area (Å²) < 4.78 is 9.13. The molecule has 64 valence electrons. The highest BCUT2D eigenvalue weighted by molar-refractivity contribution is 9.10. The first-order valence-electron chi connectivity index (χ1n) is 3.37. The summed E-state index contributed by atoms with van der Waals surface area (Å²) in [4.78, 5) is 11.1. The van der Waals surface area contributed by atoms with Crippen molar-refractivity contribution in [3.63, 3.8) is 0 Å². The number of carbonyl (C=O) groups excluding carboxylic acids is 1. The van der Waals surface area contributed by atoms with Gasteiger partial charge in [-0.1, -0.05) is 15.9 Å². The van der Waals surface area contributed by atoms with Crippen molar-refractivity contribution in [1.29, 1.82) is 0 Å². The molecule has 1 saturated heterocycles. The molecule has 0 bridgehead atoms. The van der Waals surface area contributed by atoms with E-state index in [9.17, 15) is 4.79 Å². The Bertz CT molecular complexity index is 164. The lowest BCUT2D eigenvalue weighted by Gasteiger charge is -2.14. The van der Waals surface area contributed by atoms with E-state index in [4.69, 9.17) is 9.26 Å². The Balaban J connectivity index is 2.44. The van der Waals surface area contributed by atoms with Crippen LogP contribution < -0.4 is 0 Å². The van der Waals surface area contributed by atoms with Crippen LogP contribution in [-0.4, -0.2) is 23.5 Å². The fourth-order valence-corrected chi connectivity index (χ4v) is 1.54. The van der Waals surface area contributed by atoms with Gasteiger partial charge >= 0.3 is 5.97 Å². The highest BCUT2D eigenvalue weighted by Gasteiger charge is 2.41. The van der Waals surface area contributed by atoms with Crippen LogP contribution in [0.2, 0.25) is 0 Å². The Kier molecular flexibility index (Phi) is 3.29. The first-order chi connectivity index (χ1) is 5.19. The molecule has 0 amide bonds. The Labute approximate surface area is 76.2 Å². The van der Waals surface area contributed by atoms with Gasteiger partial charge in [-0.05, 0) is 6.42 Å². The summed E-state index contributed by atoms with van der Waals surface area (Å²) in [6.45, 7) is 1.06. The number of rotatable bonds is 3. The molecule has 1 heterocycles. The molecule has 0 saturated carbocycles. The van der Waals surface area contributed by atoms with Gasteiger partial charge in [0.1, 0.15) is 4.32 Å². The Morgan fingerprint density at radius 2 is 2.55 bits per heavy atom. The van der Waals surface area contributed by atoms with E-state index in [0.717, 1.165) is 6.42 Å². The third-order valence-electron chi connectivity index (χ3n) is 1.71. The molecule has 1 aliphatic rings. The summed E-state index contributed by atoms with van der Waals surface area (Å²) in [5.74, 6) is -0.167. The second-order valence-electron chi connectivity index (χ2n) is 2.47.